The maximum atomic E-state index is 13.3. The predicted molar refractivity (Wildman–Crippen MR) is 102 cm³/mol. The quantitative estimate of drug-likeness (QED) is 0.667. The zero-order valence-electron chi connectivity index (χ0n) is 16.0. The Hall–Kier alpha value is -1.71. The first-order chi connectivity index (χ1) is 12.8. The van der Waals surface area contributed by atoms with Gasteiger partial charge in [-0.25, -0.2) is 0 Å². The van der Waals surface area contributed by atoms with Gasteiger partial charge in [0, 0.05) is 45.2 Å². The molecule has 28 heavy (non-hydrogen) atoms. The first kappa shape index (κ1) is 24.3. The number of carbonyl (C=O) groups is 1. The van der Waals surface area contributed by atoms with E-state index in [1.54, 1.807) is 18.2 Å². The van der Waals surface area contributed by atoms with Crippen LogP contribution in [0.3, 0.4) is 0 Å². The molecule has 1 aromatic rings. The smallest absolute Gasteiger partial charge is 0.405 e. The zero-order valence-corrected chi connectivity index (χ0v) is 16.8. The number of hydrogen-bond acceptors (Lipinski definition) is 5. The van der Waals surface area contributed by atoms with Crippen LogP contribution in [-0.2, 0) is 11.2 Å². The molecule has 1 aliphatic heterocycles. The van der Waals surface area contributed by atoms with Crippen LogP contribution in [0.5, 0.6) is 11.5 Å². The number of methoxy groups -OCH3 is 2. The number of aryl methyl sites for hydroxylation is 1. The number of alkyl halides is 3. The molecule has 1 unspecified atom stereocenters. The van der Waals surface area contributed by atoms with Crippen LogP contribution in [0.2, 0.25) is 0 Å². The van der Waals surface area contributed by atoms with E-state index in [1.807, 2.05) is 0 Å². The van der Waals surface area contributed by atoms with Crippen molar-refractivity contribution in [3.63, 3.8) is 0 Å². The van der Waals surface area contributed by atoms with E-state index < -0.39 is 24.7 Å². The highest BCUT2D eigenvalue weighted by atomic mass is 35.5. The molecular formula is C18H27ClF3N3O3. The van der Waals surface area contributed by atoms with Gasteiger partial charge in [-0.15, -0.1) is 12.4 Å². The average Bonchev–Trinajstić information content (AvgIpc) is 2.66. The number of nitrogens with zero attached hydrogens (tertiary/aromatic N) is 1. The molecule has 1 fully saturated rings. The van der Waals surface area contributed by atoms with E-state index in [4.69, 9.17) is 9.47 Å². The maximum Gasteiger partial charge on any atom is 0.405 e. The van der Waals surface area contributed by atoms with Crippen molar-refractivity contribution in [2.75, 3.05) is 46.9 Å². The molecule has 1 saturated heterocycles. The van der Waals surface area contributed by atoms with Crippen molar-refractivity contribution in [1.29, 1.82) is 0 Å². The average molecular weight is 426 g/mol. The van der Waals surface area contributed by atoms with Crippen LogP contribution in [-0.4, -0.2) is 70.0 Å². The van der Waals surface area contributed by atoms with Gasteiger partial charge in [0.15, 0.2) is 0 Å². The largest absolute Gasteiger partial charge is 0.497 e. The normalized spacial score (nSPS) is 16.0. The van der Waals surface area contributed by atoms with Crippen molar-refractivity contribution < 1.29 is 27.4 Å². The van der Waals surface area contributed by atoms with Crippen LogP contribution in [0.1, 0.15) is 12.0 Å². The van der Waals surface area contributed by atoms with Crippen LogP contribution in [0.15, 0.2) is 18.2 Å². The van der Waals surface area contributed by atoms with Crippen molar-refractivity contribution >= 4 is 18.3 Å². The number of nitrogens with one attached hydrogen (secondary N) is 2. The fraction of sp³-hybridized carbons (Fsp3) is 0.611. The zero-order chi connectivity index (χ0) is 19.9. The molecule has 2 rings (SSSR count). The maximum absolute atomic E-state index is 13.3. The molecule has 10 heteroatoms. The number of piperazine rings is 1. The summed E-state index contributed by atoms with van der Waals surface area (Å²) < 4.78 is 50.3. The van der Waals surface area contributed by atoms with E-state index in [0.29, 0.717) is 44.1 Å². The Balaban J connectivity index is 0.00000392. The Bertz CT molecular complexity index is 604. The highest BCUT2D eigenvalue weighted by Gasteiger charge is 2.43. The van der Waals surface area contributed by atoms with Crippen molar-refractivity contribution in [3.05, 3.63) is 23.8 Å². The van der Waals surface area contributed by atoms with Crippen LogP contribution in [0.25, 0.3) is 0 Å². The van der Waals surface area contributed by atoms with Gasteiger partial charge in [0.25, 0.3) is 0 Å². The first-order valence-corrected chi connectivity index (χ1v) is 8.83. The van der Waals surface area contributed by atoms with Crippen molar-refractivity contribution in [3.8, 4) is 11.5 Å². The standard InChI is InChI=1S/C18H26F3N3O3.ClH/c1-26-14-9-13(10-15(11-14)27-2)3-4-17(25)23-12-16(18(19,20)21)24-7-5-22-6-8-24;/h9-11,16,22H,3-8,12H2,1-2H3,(H,23,25);1H. The van der Waals surface area contributed by atoms with Crippen LogP contribution in [0, 0.1) is 0 Å². The summed E-state index contributed by atoms with van der Waals surface area (Å²) in [6.07, 6.45) is -3.92. The molecule has 1 heterocycles. The Kier molecular flexibility index (Phi) is 9.84. The number of halogens is 4. The summed E-state index contributed by atoms with van der Waals surface area (Å²) in [6.45, 7) is 1.20. The number of rotatable bonds is 8. The van der Waals surface area contributed by atoms with Gasteiger partial charge in [-0.2, -0.15) is 13.2 Å². The van der Waals surface area contributed by atoms with Crippen LogP contribution >= 0.6 is 12.4 Å². The van der Waals surface area contributed by atoms with E-state index in [2.05, 4.69) is 10.6 Å². The van der Waals surface area contributed by atoms with Gasteiger partial charge < -0.3 is 20.1 Å². The third-order valence-corrected chi connectivity index (χ3v) is 4.51. The number of benzene rings is 1. The van der Waals surface area contributed by atoms with Crippen molar-refractivity contribution in [1.82, 2.24) is 15.5 Å². The molecule has 0 bridgehead atoms. The molecule has 0 aliphatic carbocycles. The minimum absolute atomic E-state index is 0. The van der Waals surface area contributed by atoms with E-state index in [1.165, 1.54) is 19.1 Å². The summed E-state index contributed by atoms with van der Waals surface area (Å²) in [5.74, 6) is 0.780. The molecule has 1 amide bonds. The molecule has 1 atom stereocenters. The molecule has 1 aliphatic rings. The molecule has 1 aromatic carbocycles. The van der Waals surface area contributed by atoms with E-state index in [-0.39, 0.29) is 18.8 Å². The summed E-state index contributed by atoms with van der Waals surface area (Å²) >= 11 is 0. The Morgan fingerprint density at radius 2 is 1.75 bits per heavy atom. The first-order valence-electron chi connectivity index (χ1n) is 8.83. The second-order valence-electron chi connectivity index (χ2n) is 6.37. The van der Waals surface area contributed by atoms with Gasteiger partial charge in [-0.3, -0.25) is 9.69 Å². The van der Waals surface area contributed by atoms with Crippen molar-refractivity contribution in [2.24, 2.45) is 0 Å². The van der Waals surface area contributed by atoms with Gasteiger partial charge in [0.1, 0.15) is 17.5 Å². The highest BCUT2D eigenvalue weighted by Crippen LogP contribution is 2.25. The van der Waals surface area contributed by atoms with Gasteiger partial charge in [0.05, 0.1) is 14.2 Å². The van der Waals surface area contributed by atoms with E-state index >= 15 is 0 Å². The third kappa shape index (κ3) is 7.37. The molecule has 6 nitrogen and oxygen atoms in total. The minimum atomic E-state index is -4.38. The third-order valence-electron chi connectivity index (χ3n) is 4.51. The van der Waals surface area contributed by atoms with Gasteiger partial charge in [0.2, 0.25) is 5.91 Å². The topological polar surface area (TPSA) is 62.8 Å². The number of amides is 1. The van der Waals surface area contributed by atoms with Crippen LogP contribution in [0.4, 0.5) is 13.2 Å². The lowest BCUT2D eigenvalue weighted by atomic mass is 10.1. The Morgan fingerprint density at radius 1 is 1.18 bits per heavy atom. The number of carbonyl (C=O) groups excluding carboxylic acids is 1. The Morgan fingerprint density at radius 3 is 2.25 bits per heavy atom. The predicted octanol–water partition coefficient (Wildman–Crippen LogP) is 2.01. The molecular weight excluding hydrogens is 399 g/mol. The molecule has 160 valence electrons. The number of hydrogen-bond donors (Lipinski definition) is 2. The molecule has 2 N–H and O–H groups in total. The summed E-state index contributed by atoms with van der Waals surface area (Å²) in [5, 5.41) is 5.46. The molecule has 0 radical (unpaired) electrons. The monoisotopic (exact) mass is 425 g/mol. The second-order valence-corrected chi connectivity index (χ2v) is 6.37. The molecule has 0 saturated carbocycles. The van der Waals surface area contributed by atoms with Crippen LogP contribution < -0.4 is 20.1 Å². The minimum Gasteiger partial charge on any atom is -0.497 e. The number of ether oxygens (including phenoxy) is 2. The lowest BCUT2D eigenvalue weighted by molar-refractivity contribution is -0.184. The summed E-state index contributed by atoms with van der Waals surface area (Å²) in [4.78, 5) is 13.4. The van der Waals surface area contributed by atoms with Gasteiger partial charge in [-0.1, -0.05) is 0 Å². The fourth-order valence-electron chi connectivity index (χ4n) is 3.01. The lowest BCUT2D eigenvalue weighted by Crippen LogP contribution is -2.57. The highest BCUT2D eigenvalue weighted by molar-refractivity contribution is 5.85. The summed E-state index contributed by atoms with van der Waals surface area (Å²) in [5.41, 5.74) is 0.816. The Labute approximate surface area is 169 Å². The fourth-order valence-corrected chi connectivity index (χ4v) is 3.01. The van der Waals surface area contributed by atoms with Gasteiger partial charge in [-0.05, 0) is 24.1 Å². The van der Waals surface area contributed by atoms with Crippen molar-refractivity contribution in [2.45, 2.75) is 25.1 Å². The second kappa shape index (κ2) is 11.3. The van der Waals surface area contributed by atoms with E-state index in [9.17, 15) is 18.0 Å². The summed E-state index contributed by atoms with van der Waals surface area (Å²) in [6, 6.07) is 3.59. The molecule has 0 aromatic heterocycles. The summed E-state index contributed by atoms with van der Waals surface area (Å²) in [7, 11) is 3.05. The van der Waals surface area contributed by atoms with Gasteiger partial charge >= 0.3 is 6.18 Å². The van der Waals surface area contributed by atoms with E-state index in [0.717, 1.165) is 5.56 Å². The SMILES string of the molecule is COc1cc(CCC(=O)NCC(N2CCNCC2)C(F)(F)F)cc(OC)c1.Cl. The molecule has 0 spiro atoms. The lowest BCUT2D eigenvalue weighted by Gasteiger charge is -2.35.